The van der Waals surface area contributed by atoms with Gasteiger partial charge >= 0.3 is 0 Å². The van der Waals surface area contributed by atoms with Gasteiger partial charge in [0.25, 0.3) is 0 Å². The first-order valence-electron chi connectivity index (χ1n) is 8.13. The Labute approximate surface area is 140 Å². The van der Waals surface area contributed by atoms with Gasteiger partial charge in [0.2, 0.25) is 5.91 Å². The number of benzene rings is 1. The van der Waals surface area contributed by atoms with Crippen LogP contribution in [0.5, 0.6) is 0 Å². The first-order valence-corrected chi connectivity index (χ1v) is 8.13. The molecule has 3 nitrogen and oxygen atoms in total. The fourth-order valence-electron chi connectivity index (χ4n) is 2.79. The number of nitrogens with one attached hydrogen (secondary N) is 2. The van der Waals surface area contributed by atoms with E-state index in [4.69, 9.17) is 0 Å². The Balaban J connectivity index is 0.00000242. The highest BCUT2D eigenvalue weighted by Gasteiger charge is 2.43. The van der Waals surface area contributed by atoms with Crippen LogP contribution in [0.25, 0.3) is 0 Å². The molecule has 3 atom stereocenters. The molecule has 0 spiro atoms. The molecule has 0 bridgehead atoms. The van der Waals surface area contributed by atoms with Crippen LogP contribution in [0.1, 0.15) is 57.1 Å². The second-order valence-electron chi connectivity index (χ2n) is 6.47. The van der Waals surface area contributed by atoms with Crippen LogP contribution >= 0.6 is 12.4 Å². The normalized spacial score (nSPS) is 21.1. The summed E-state index contributed by atoms with van der Waals surface area (Å²) in [6.45, 7) is 10.2. The van der Waals surface area contributed by atoms with Crippen molar-refractivity contribution >= 4 is 18.3 Å². The topological polar surface area (TPSA) is 41.1 Å². The summed E-state index contributed by atoms with van der Waals surface area (Å²) in [6.07, 6.45) is 0.989. The van der Waals surface area contributed by atoms with Gasteiger partial charge in [-0.25, -0.2) is 0 Å². The minimum atomic E-state index is 0. The number of halogens is 1. The molecule has 2 unspecified atom stereocenters. The number of amides is 1. The summed E-state index contributed by atoms with van der Waals surface area (Å²) in [5.74, 6) is 1.35. The fraction of sp³-hybridized carbons (Fsp3) is 0.611. The van der Waals surface area contributed by atoms with E-state index in [9.17, 15) is 4.79 Å². The molecular formula is C18H29ClN2O. The Hall–Kier alpha value is -1.06. The summed E-state index contributed by atoms with van der Waals surface area (Å²) in [7, 11) is 0. The molecule has 4 heteroatoms. The van der Waals surface area contributed by atoms with Crippen LogP contribution in [0.4, 0.5) is 0 Å². The Morgan fingerprint density at radius 3 is 2.41 bits per heavy atom. The van der Waals surface area contributed by atoms with Crippen molar-refractivity contribution in [3.05, 3.63) is 35.4 Å². The lowest BCUT2D eigenvalue weighted by molar-refractivity contribution is -0.122. The maximum Gasteiger partial charge on any atom is 0.223 e. The zero-order chi connectivity index (χ0) is 15.4. The lowest BCUT2D eigenvalue weighted by atomic mass is 10.00. The van der Waals surface area contributed by atoms with Crippen molar-refractivity contribution in [1.29, 1.82) is 0 Å². The molecule has 1 aliphatic rings. The molecule has 0 aliphatic heterocycles. The van der Waals surface area contributed by atoms with Gasteiger partial charge in [-0.05, 0) is 42.9 Å². The molecule has 2 N–H and O–H groups in total. The first-order chi connectivity index (χ1) is 10.0. The van der Waals surface area contributed by atoms with Crippen molar-refractivity contribution < 1.29 is 4.79 Å². The van der Waals surface area contributed by atoms with Gasteiger partial charge in [0.1, 0.15) is 0 Å². The van der Waals surface area contributed by atoms with Gasteiger partial charge in [-0.2, -0.15) is 0 Å². The molecule has 1 aromatic carbocycles. The number of carbonyl (C=O) groups excluding carboxylic acids is 1. The quantitative estimate of drug-likeness (QED) is 0.806. The smallest absolute Gasteiger partial charge is 0.223 e. The van der Waals surface area contributed by atoms with E-state index >= 15 is 0 Å². The molecule has 22 heavy (non-hydrogen) atoms. The minimum Gasteiger partial charge on any atom is -0.354 e. The summed E-state index contributed by atoms with van der Waals surface area (Å²) < 4.78 is 0. The second kappa shape index (κ2) is 8.54. The summed E-state index contributed by atoms with van der Waals surface area (Å²) >= 11 is 0. The average molecular weight is 325 g/mol. The third kappa shape index (κ3) is 4.99. The highest BCUT2D eigenvalue weighted by atomic mass is 35.5. The van der Waals surface area contributed by atoms with E-state index < -0.39 is 0 Å². The van der Waals surface area contributed by atoms with E-state index in [1.54, 1.807) is 0 Å². The highest BCUT2D eigenvalue weighted by Crippen LogP contribution is 2.47. The predicted molar refractivity (Wildman–Crippen MR) is 94.8 cm³/mol. The van der Waals surface area contributed by atoms with E-state index in [1.165, 1.54) is 11.1 Å². The molecule has 1 fully saturated rings. The van der Waals surface area contributed by atoms with Crippen LogP contribution in [0.2, 0.25) is 0 Å². The lowest BCUT2D eigenvalue weighted by Gasteiger charge is -2.13. The van der Waals surface area contributed by atoms with Crippen LogP contribution < -0.4 is 10.6 Å². The van der Waals surface area contributed by atoms with Crippen molar-refractivity contribution in [3.8, 4) is 0 Å². The first kappa shape index (κ1) is 19.0. The third-order valence-corrected chi connectivity index (χ3v) is 4.29. The van der Waals surface area contributed by atoms with Crippen molar-refractivity contribution in [3.63, 3.8) is 0 Å². The van der Waals surface area contributed by atoms with Gasteiger partial charge in [-0.3, -0.25) is 4.79 Å². The Morgan fingerprint density at radius 2 is 1.86 bits per heavy atom. The predicted octanol–water partition coefficient (Wildman–Crippen LogP) is 3.45. The Morgan fingerprint density at radius 1 is 1.23 bits per heavy atom. The van der Waals surface area contributed by atoms with E-state index in [1.807, 2.05) is 0 Å². The van der Waals surface area contributed by atoms with E-state index in [0.29, 0.717) is 24.4 Å². The number of likely N-dealkylation sites (N-methyl/N-ethyl adjacent to an activating group) is 1. The van der Waals surface area contributed by atoms with Crippen LogP contribution in [0, 0.1) is 5.92 Å². The van der Waals surface area contributed by atoms with Crippen molar-refractivity contribution in [2.45, 2.75) is 52.0 Å². The SMILES string of the molecule is CCN[C@H](C)CNC(=O)C1CC1c1ccc(C(C)C)cc1.Cl. The minimum absolute atomic E-state index is 0. The van der Waals surface area contributed by atoms with Gasteiger partial charge in [0, 0.05) is 18.5 Å². The van der Waals surface area contributed by atoms with Crippen LogP contribution in [-0.2, 0) is 4.79 Å². The second-order valence-corrected chi connectivity index (χ2v) is 6.47. The summed E-state index contributed by atoms with van der Waals surface area (Å²) in [4.78, 5) is 12.1. The van der Waals surface area contributed by atoms with Gasteiger partial charge in [-0.15, -0.1) is 12.4 Å². The van der Waals surface area contributed by atoms with E-state index in [0.717, 1.165) is 13.0 Å². The van der Waals surface area contributed by atoms with Crippen molar-refractivity contribution in [2.75, 3.05) is 13.1 Å². The van der Waals surface area contributed by atoms with Gasteiger partial charge < -0.3 is 10.6 Å². The summed E-state index contributed by atoms with van der Waals surface area (Å²) in [5, 5.41) is 6.36. The molecule has 1 amide bonds. The monoisotopic (exact) mass is 324 g/mol. The molecule has 0 aromatic heterocycles. The van der Waals surface area contributed by atoms with E-state index in [2.05, 4.69) is 62.6 Å². The zero-order valence-corrected chi connectivity index (χ0v) is 14.9. The maximum absolute atomic E-state index is 12.1. The fourth-order valence-corrected chi connectivity index (χ4v) is 2.79. The number of carbonyl (C=O) groups is 1. The van der Waals surface area contributed by atoms with Gasteiger partial charge in [-0.1, -0.05) is 45.0 Å². The van der Waals surface area contributed by atoms with Crippen LogP contribution in [0.15, 0.2) is 24.3 Å². The molecule has 124 valence electrons. The molecule has 1 saturated carbocycles. The largest absolute Gasteiger partial charge is 0.354 e. The lowest BCUT2D eigenvalue weighted by Crippen LogP contribution is -2.39. The number of hydrogen-bond donors (Lipinski definition) is 2. The van der Waals surface area contributed by atoms with Gasteiger partial charge in [0.15, 0.2) is 0 Å². The van der Waals surface area contributed by atoms with E-state index in [-0.39, 0.29) is 24.2 Å². The summed E-state index contributed by atoms with van der Waals surface area (Å²) in [5.41, 5.74) is 2.67. The Bertz CT molecular complexity index is 472. The third-order valence-electron chi connectivity index (χ3n) is 4.29. The molecule has 2 rings (SSSR count). The summed E-state index contributed by atoms with van der Waals surface area (Å²) in [6, 6.07) is 9.10. The molecule has 0 radical (unpaired) electrons. The highest BCUT2D eigenvalue weighted by molar-refractivity contribution is 5.85. The number of rotatable bonds is 7. The van der Waals surface area contributed by atoms with Crippen LogP contribution in [0.3, 0.4) is 0 Å². The zero-order valence-electron chi connectivity index (χ0n) is 14.1. The standard InChI is InChI=1S/C18H28N2O.ClH/c1-5-19-13(4)11-20-18(21)17-10-16(17)15-8-6-14(7-9-15)12(2)3;/h6-9,12-13,16-17,19H,5,10-11H2,1-4H3,(H,20,21);1H/t13-,16?,17?;/m1./s1. The van der Waals surface area contributed by atoms with Gasteiger partial charge in [0.05, 0.1) is 0 Å². The number of hydrogen-bond acceptors (Lipinski definition) is 2. The molecule has 1 aliphatic carbocycles. The van der Waals surface area contributed by atoms with Crippen LogP contribution in [-0.4, -0.2) is 25.0 Å². The molecular weight excluding hydrogens is 296 g/mol. The Kier molecular flexibility index (Phi) is 7.37. The maximum atomic E-state index is 12.1. The molecule has 0 heterocycles. The van der Waals surface area contributed by atoms with Crippen molar-refractivity contribution in [1.82, 2.24) is 10.6 Å². The molecule has 0 saturated heterocycles. The molecule has 1 aromatic rings. The van der Waals surface area contributed by atoms with Crippen molar-refractivity contribution in [2.24, 2.45) is 5.92 Å². The average Bonchev–Trinajstić information content (AvgIpc) is 3.25.